The molecule has 3 rings (SSSR count). The fourth-order valence-corrected chi connectivity index (χ4v) is 3.29. The molecule has 0 atom stereocenters. The first-order chi connectivity index (χ1) is 16.4. The van der Waals surface area contributed by atoms with E-state index in [2.05, 4.69) is 20.1 Å². The van der Waals surface area contributed by atoms with Crippen molar-refractivity contribution in [1.82, 2.24) is 4.98 Å². The van der Waals surface area contributed by atoms with E-state index >= 15 is 0 Å². The van der Waals surface area contributed by atoms with Crippen LogP contribution in [0.25, 0.3) is 17.0 Å². The van der Waals surface area contributed by atoms with E-state index in [0.29, 0.717) is 23.5 Å². The Kier molecular flexibility index (Phi) is 8.39. The molecule has 0 radical (unpaired) electrons. The summed E-state index contributed by atoms with van der Waals surface area (Å²) >= 11 is 0. The Morgan fingerprint density at radius 3 is 2.41 bits per heavy atom. The number of benzene rings is 2. The van der Waals surface area contributed by atoms with Crippen LogP contribution in [0, 0.1) is 11.6 Å². The van der Waals surface area contributed by atoms with Crippen LogP contribution in [0.5, 0.6) is 0 Å². The molecule has 0 spiro atoms. The molecule has 0 aliphatic carbocycles. The fraction of sp³-hybridized carbons (Fsp3) is 0.200. The van der Waals surface area contributed by atoms with Gasteiger partial charge in [0.2, 0.25) is 0 Å². The zero-order valence-corrected chi connectivity index (χ0v) is 18.8. The lowest BCUT2D eigenvalue weighted by molar-refractivity contribution is 0.579. The summed E-state index contributed by atoms with van der Waals surface area (Å²) < 4.78 is 28.1. The minimum absolute atomic E-state index is 0.0339. The Hall–Kier alpha value is -4.14. The third-order valence-electron chi connectivity index (χ3n) is 5.08. The molecule has 0 saturated heterocycles. The molecule has 0 bridgehead atoms. The predicted octanol–water partition coefficient (Wildman–Crippen LogP) is 5.19. The summed E-state index contributed by atoms with van der Waals surface area (Å²) in [5.74, 6) is 3.86. The van der Waals surface area contributed by atoms with Crippen LogP contribution in [0.15, 0.2) is 75.9 Å². The van der Waals surface area contributed by atoms with Crippen molar-refractivity contribution in [2.45, 2.75) is 32.7 Å². The number of aliphatic imine (C=N–C) groups is 2. The number of unbranched alkanes of at least 4 members (excludes halogenated alkanes) is 1. The van der Waals surface area contributed by atoms with Gasteiger partial charge in [-0.15, -0.1) is 0 Å². The quantitative estimate of drug-likeness (QED) is 0.207. The van der Waals surface area contributed by atoms with Crippen molar-refractivity contribution >= 4 is 17.5 Å². The Bertz CT molecular complexity index is 1200. The highest BCUT2D eigenvalue weighted by molar-refractivity contribution is 6.09. The maximum absolute atomic E-state index is 14.1. The molecule has 9 heteroatoms. The van der Waals surface area contributed by atoms with E-state index in [-0.39, 0.29) is 23.8 Å². The number of nitrogens with zero attached hydrogens (tertiary/aromatic N) is 4. The van der Waals surface area contributed by atoms with Gasteiger partial charge in [0.15, 0.2) is 0 Å². The van der Waals surface area contributed by atoms with Gasteiger partial charge in [0.05, 0.1) is 17.8 Å². The monoisotopic (exact) mass is 462 g/mol. The van der Waals surface area contributed by atoms with Crippen molar-refractivity contribution in [3.63, 3.8) is 0 Å². The minimum atomic E-state index is -0.772. The molecule has 3 aromatic rings. The van der Waals surface area contributed by atoms with Crippen molar-refractivity contribution in [1.29, 1.82) is 0 Å². The maximum atomic E-state index is 14.1. The number of hydrazone groups is 1. The van der Waals surface area contributed by atoms with Gasteiger partial charge >= 0.3 is 0 Å². The summed E-state index contributed by atoms with van der Waals surface area (Å²) in [5, 5.41) is 3.46. The average molecular weight is 463 g/mol. The summed E-state index contributed by atoms with van der Waals surface area (Å²) in [7, 11) is 0. The highest BCUT2D eigenvalue weighted by atomic mass is 19.1. The highest BCUT2D eigenvalue weighted by Gasteiger charge is 2.13. The molecule has 7 nitrogen and oxygen atoms in total. The number of nitrogens with one attached hydrogen (secondary N) is 1. The van der Waals surface area contributed by atoms with Crippen molar-refractivity contribution in [2.75, 3.05) is 0 Å². The normalized spacial score (nSPS) is 12.7. The van der Waals surface area contributed by atoms with Crippen LogP contribution < -0.4 is 11.6 Å². The topological polar surface area (TPSA) is 126 Å². The van der Waals surface area contributed by atoms with Gasteiger partial charge < -0.3 is 22.4 Å². The lowest BCUT2D eigenvalue weighted by Crippen LogP contribution is -2.19. The molecular formula is C25H26F2N7-. The van der Waals surface area contributed by atoms with Gasteiger partial charge in [-0.3, -0.25) is 9.98 Å². The van der Waals surface area contributed by atoms with E-state index in [4.69, 9.17) is 17.3 Å². The summed E-state index contributed by atoms with van der Waals surface area (Å²) in [6, 6.07) is 14.5. The van der Waals surface area contributed by atoms with Crippen LogP contribution in [0.4, 0.5) is 8.78 Å². The molecule has 34 heavy (non-hydrogen) atoms. The lowest BCUT2D eigenvalue weighted by atomic mass is 10.0. The molecular weight excluding hydrogens is 436 g/mol. The number of amidine groups is 3. The van der Waals surface area contributed by atoms with Crippen LogP contribution in [0.3, 0.4) is 0 Å². The second kappa shape index (κ2) is 11.6. The Balaban J connectivity index is 1.84. The first-order valence-corrected chi connectivity index (χ1v) is 10.8. The predicted molar refractivity (Wildman–Crippen MR) is 132 cm³/mol. The standard InChI is InChI=1S/C25H26F2N7/c1-2-3-11-22(33-25(29)23-19(26)9-6-10-20(23)27)32-15-16-12-13-21(31-14-16)17-7-4-5-8-18(17)24(28)34-30/h4-10,12-14H,2-3,11,15,30H2,1H3,(H3-,28,29,32,33,34)/q-1. The van der Waals surface area contributed by atoms with Crippen LogP contribution in [0.1, 0.15) is 42.9 Å². The van der Waals surface area contributed by atoms with Gasteiger partial charge in [0, 0.05) is 18.2 Å². The fourth-order valence-electron chi connectivity index (χ4n) is 3.29. The molecule has 176 valence electrons. The summed E-state index contributed by atoms with van der Waals surface area (Å²) in [6.07, 6.45) is 3.92. The van der Waals surface area contributed by atoms with Gasteiger partial charge in [-0.05, 0) is 41.6 Å². The van der Waals surface area contributed by atoms with Crippen molar-refractivity contribution < 1.29 is 8.78 Å². The third-order valence-corrected chi connectivity index (χ3v) is 5.08. The van der Waals surface area contributed by atoms with Crippen LogP contribution in [-0.2, 0) is 6.54 Å². The van der Waals surface area contributed by atoms with E-state index in [1.165, 1.54) is 6.07 Å². The second-order valence-corrected chi connectivity index (χ2v) is 7.50. The molecule has 1 aromatic heterocycles. The zero-order valence-electron chi connectivity index (χ0n) is 18.8. The van der Waals surface area contributed by atoms with E-state index in [1.54, 1.807) is 18.3 Å². The summed E-state index contributed by atoms with van der Waals surface area (Å²) in [5.41, 5.74) is 16.3. The van der Waals surface area contributed by atoms with Crippen LogP contribution in [0.2, 0.25) is 0 Å². The smallest absolute Gasteiger partial charge is 0.138 e. The number of nitrogens with two attached hydrogens (primary N) is 2. The Labute approximate surface area is 197 Å². The van der Waals surface area contributed by atoms with Gasteiger partial charge in [0.25, 0.3) is 0 Å². The number of rotatable bonds is 8. The molecule has 1 heterocycles. The number of hydrogen-bond donors (Lipinski definition) is 2. The summed E-state index contributed by atoms with van der Waals surface area (Å²) in [6.45, 7) is 2.30. The van der Waals surface area contributed by atoms with E-state index < -0.39 is 11.6 Å². The highest BCUT2D eigenvalue weighted by Crippen LogP contribution is 2.23. The number of pyridine rings is 1. The minimum Gasteiger partial charge on any atom is -0.481 e. The van der Waals surface area contributed by atoms with E-state index in [9.17, 15) is 8.78 Å². The number of halogens is 2. The SMILES string of the molecule is CCCCC(=NCc1ccc(-c2ccccc2/C([NH-])=N/N)nc1)N=C(N)c1c(F)cccc1F. The Morgan fingerprint density at radius 2 is 1.76 bits per heavy atom. The van der Waals surface area contributed by atoms with E-state index in [0.717, 1.165) is 36.1 Å². The lowest BCUT2D eigenvalue weighted by Gasteiger charge is -2.13. The molecule has 0 unspecified atom stereocenters. The van der Waals surface area contributed by atoms with Gasteiger partial charge in [0.1, 0.15) is 23.3 Å². The van der Waals surface area contributed by atoms with Gasteiger partial charge in [-0.1, -0.05) is 49.7 Å². The molecule has 0 fully saturated rings. The molecule has 0 aliphatic rings. The molecule has 0 amide bonds. The number of hydrogen-bond acceptors (Lipinski definition) is 4. The first kappa shape index (κ1) is 24.5. The van der Waals surface area contributed by atoms with Crippen LogP contribution >= 0.6 is 0 Å². The van der Waals surface area contributed by atoms with Crippen LogP contribution in [-0.4, -0.2) is 22.5 Å². The summed E-state index contributed by atoms with van der Waals surface area (Å²) in [4.78, 5) is 13.2. The van der Waals surface area contributed by atoms with Crippen molar-refractivity contribution in [2.24, 2.45) is 26.7 Å². The van der Waals surface area contributed by atoms with Crippen molar-refractivity contribution in [3.8, 4) is 11.3 Å². The van der Waals surface area contributed by atoms with Gasteiger partial charge in [-0.2, -0.15) is 0 Å². The molecule has 5 N–H and O–H groups in total. The molecule has 0 aliphatic heterocycles. The third kappa shape index (κ3) is 6.00. The zero-order chi connectivity index (χ0) is 24.5. The first-order valence-electron chi connectivity index (χ1n) is 10.8. The molecule has 2 aromatic carbocycles. The average Bonchev–Trinajstić information content (AvgIpc) is 2.85. The van der Waals surface area contributed by atoms with E-state index in [1.807, 2.05) is 31.2 Å². The molecule has 0 saturated carbocycles. The number of aromatic nitrogens is 1. The maximum Gasteiger partial charge on any atom is 0.138 e. The van der Waals surface area contributed by atoms with Crippen molar-refractivity contribution in [3.05, 3.63) is 94.9 Å². The van der Waals surface area contributed by atoms with Gasteiger partial charge in [-0.25, -0.2) is 13.8 Å². The second-order valence-electron chi connectivity index (χ2n) is 7.50. The Morgan fingerprint density at radius 1 is 1.03 bits per heavy atom. The largest absolute Gasteiger partial charge is 0.481 e.